The SMILES string of the molecule is CC1=CC(=O)C(=CO)CN1[C@H](C)c1ccc(C#CC2CC2)cc1. The molecule has 3 nitrogen and oxygen atoms in total. The molecule has 23 heavy (non-hydrogen) atoms. The normalized spacial score (nSPS) is 20.8. The maximum absolute atomic E-state index is 11.8. The number of aliphatic hydroxyl groups excluding tert-OH is 1. The lowest BCUT2D eigenvalue weighted by atomic mass is 10.00. The van der Waals surface area contributed by atoms with E-state index >= 15 is 0 Å². The van der Waals surface area contributed by atoms with Crippen molar-refractivity contribution in [3.05, 3.63) is 59.0 Å². The molecule has 3 heteroatoms. The predicted molar refractivity (Wildman–Crippen MR) is 90.6 cm³/mol. The van der Waals surface area contributed by atoms with Gasteiger partial charge in [-0.3, -0.25) is 4.79 Å². The van der Waals surface area contributed by atoms with E-state index in [0.717, 1.165) is 17.5 Å². The molecule has 0 bridgehead atoms. The van der Waals surface area contributed by atoms with Crippen LogP contribution in [-0.2, 0) is 4.79 Å². The average molecular weight is 307 g/mol. The number of carbonyl (C=O) groups excluding carboxylic acids is 1. The molecule has 1 aliphatic heterocycles. The fourth-order valence-corrected chi connectivity index (χ4v) is 2.74. The first kappa shape index (κ1) is 15.4. The summed E-state index contributed by atoms with van der Waals surface area (Å²) < 4.78 is 0. The van der Waals surface area contributed by atoms with Gasteiger partial charge in [0.15, 0.2) is 5.78 Å². The van der Waals surface area contributed by atoms with Crippen molar-refractivity contribution in [1.29, 1.82) is 0 Å². The first-order valence-electron chi connectivity index (χ1n) is 8.02. The molecule has 1 fully saturated rings. The van der Waals surface area contributed by atoms with Crippen molar-refractivity contribution in [2.24, 2.45) is 5.92 Å². The lowest BCUT2D eigenvalue weighted by Crippen LogP contribution is -2.33. The number of hydrogen-bond donors (Lipinski definition) is 1. The Hall–Kier alpha value is -2.47. The van der Waals surface area contributed by atoms with E-state index in [1.165, 1.54) is 18.4 Å². The van der Waals surface area contributed by atoms with E-state index in [-0.39, 0.29) is 11.8 Å². The van der Waals surface area contributed by atoms with Gasteiger partial charge in [-0.15, -0.1) is 0 Å². The minimum Gasteiger partial charge on any atom is -0.515 e. The second kappa shape index (κ2) is 6.34. The van der Waals surface area contributed by atoms with E-state index in [9.17, 15) is 9.90 Å². The van der Waals surface area contributed by atoms with Gasteiger partial charge in [0.05, 0.1) is 24.4 Å². The van der Waals surface area contributed by atoms with Crippen LogP contribution in [0.15, 0.2) is 47.9 Å². The van der Waals surface area contributed by atoms with Gasteiger partial charge in [-0.05, 0) is 44.4 Å². The van der Waals surface area contributed by atoms with Crippen molar-refractivity contribution < 1.29 is 9.90 Å². The maximum atomic E-state index is 11.8. The molecule has 0 amide bonds. The van der Waals surface area contributed by atoms with Crippen LogP contribution in [-0.4, -0.2) is 22.3 Å². The monoisotopic (exact) mass is 307 g/mol. The fraction of sp³-hybridized carbons (Fsp3) is 0.350. The summed E-state index contributed by atoms with van der Waals surface area (Å²) in [5.74, 6) is 6.98. The van der Waals surface area contributed by atoms with Crippen LogP contribution in [0.3, 0.4) is 0 Å². The number of nitrogens with zero attached hydrogens (tertiary/aromatic N) is 1. The number of aliphatic hydroxyl groups is 1. The van der Waals surface area contributed by atoms with Gasteiger partial charge in [0.25, 0.3) is 0 Å². The summed E-state index contributed by atoms with van der Waals surface area (Å²) in [6, 6.07) is 8.41. The smallest absolute Gasteiger partial charge is 0.188 e. The van der Waals surface area contributed by atoms with Crippen LogP contribution in [0.2, 0.25) is 0 Å². The molecule has 118 valence electrons. The van der Waals surface area contributed by atoms with E-state index in [4.69, 9.17) is 0 Å². The Morgan fingerprint density at radius 2 is 2.00 bits per heavy atom. The summed E-state index contributed by atoms with van der Waals surface area (Å²) in [5.41, 5.74) is 3.56. The van der Waals surface area contributed by atoms with Crippen molar-refractivity contribution in [2.75, 3.05) is 6.54 Å². The van der Waals surface area contributed by atoms with Gasteiger partial charge in [-0.1, -0.05) is 24.0 Å². The van der Waals surface area contributed by atoms with Crippen LogP contribution < -0.4 is 0 Å². The Morgan fingerprint density at radius 3 is 2.61 bits per heavy atom. The minimum atomic E-state index is -0.112. The molecule has 0 aromatic heterocycles. The fourth-order valence-electron chi connectivity index (χ4n) is 2.74. The van der Waals surface area contributed by atoms with Crippen molar-refractivity contribution >= 4 is 5.78 Å². The van der Waals surface area contributed by atoms with Crippen molar-refractivity contribution in [2.45, 2.75) is 32.7 Å². The Morgan fingerprint density at radius 1 is 1.30 bits per heavy atom. The molecule has 1 aromatic rings. The summed E-state index contributed by atoms with van der Waals surface area (Å²) in [5, 5.41) is 9.21. The van der Waals surface area contributed by atoms with Gasteiger partial charge < -0.3 is 10.0 Å². The molecule has 0 saturated heterocycles. The Kier molecular flexibility index (Phi) is 4.25. The van der Waals surface area contributed by atoms with Gasteiger partial charge >= 0.3 is 0 Å². The molecule has 2 aliphatic rings. The topological polar surface area (TPSA) is 40.5 Å². The summed E-state index contributed by atoms with van der Waals surface area (Å²) >= 11 is 0. The molecule has 0 spiro atoms. The molecule has 1 N–H and O–H groups in total. The van der Waals surface area contributed by atoms with E-state index in [1.54, 1.807) is 6.08 Å². The van der Waals surface area contributed by atoms with Crippen LogP contribution in [0.4, 0.5) is 0 Å². The zero-order valence-corrected chi connectivity index (χ0v) is 13.5. The second-order valence-corrected chi connectivity index (χ2v) is 6.27. The summed E-state index contributed by atoms with van der Waals surface area (Å²) in [6.45, 7) is 4.47. The number of benzene rings is 1. The highest BCUT2D eigenvalue weighted by molar-refractivity contribution is 6.05. The zero-order valence-electron chi connectivity index (χ0n) is 13.5. The first-order valence-corrected chi connectivity index (χ1v) is 8.02. The molecule has 1 saturated carbocycles. The molecule has 1 aliphatic carbocycles. The lowest BCUT2D eigenvalue weighted by Gasteiger charge is -2.35. The predicted octanol–water partition coefficient (Wildman–Crippen LogP) is 3.74. The van der Waals surface area contributed by atoms with Crippen molar-refractivity contribution in [3.63, 3.8) is 0 Å². The van der Waals surface area contributed by atoms with Gasteiger partial charge in [0.2, 0.25) is 0 Å². The minimum absolute atomic E-state index is 0.112. The van der Waals surface area contributed by atoms with Crippen LogP contribution in [0, 0.1) is 17.8 Å². The Balaban J connectivity index is 1.77. The van der Waals surface area contributed by atoms with E-state index in [0.29, 0.717) is 18.0 Å². The van der Waals surface area contributed by atoms with Crippen LogP contribution in [0.5, 0.6) is 0 Å². The number of rotatable bonds is 2. The van der Waals surface area contributed by atoms with Crippen molar-refractivity contribution in [1.82, 2.24) is 4.90 Å². The highest BCUT2D eigenvalue weighted by Gasteiger charge is 2.24. The molecule has 0 unspecified atom stereocenters. The van der Waals surface area contributed by atoms with Gasteiger partial charge in [-0.25, -0.2) is 0 Å². The number of hydrogen-bond acceptors (Lipinski definition) is 3. The summed E-state index contributed by atoms with van der Waals surface area (Å²) in [4.78, 5) is 13.9. The summed E-state index contributed by atoms with van der Waals surface area (Å²) in [7, 11) is 0. The highest BCUT2D eigenvalue weighted by atomic mass is 16.2. The van der Waals surface area contributed by atoms with Crippen LogP contribution in [0.25, 0.3) is 0 Å². The number of ketones is 1. The number of allylic oxidation sites excluding steroid dienone is 2. The lowest BCUT2D eigenvalue weighted by molar-refractivity contribution is -0.112. The maximum Gasteiger partial charge on any atom is 0.188 e. The van der Waals surface area contributed by atoms with Gasteiger partial charge in [0.1, 0.15) is 0 Å². The van der Waals surface area contributed by atoms with Gasteiger partial charge in [0, 0.05) is 23.3 Å². The standard InChI is InChI=1S/C20H21NO2/c1-14-11-20(23)19(13-22)12-21(14)15(2)18-9-7-17(8-10-18)6-5-16-3-4-16/h7-11,13,15-16,22H,3-4,12H2,1-2H3/t15-/m1/s1. The second-order valence-electron chi connectivity index (χ2n) is 6.27. The average Bonchev–Trinajstić information content (AvgIpc) is 3.37. The van der Waals surface area contributed by atoms with Crippen molar-refractivity contribution in [3.8, 4) is 11.8 Å². The third kappa shape index (κ3) is 3.48. The first-order chi connectivity index (χ1) is 11.1. The summed E-state index contributed by atoms with van der Waals surface area (Å²) in [6.07, 6.45) is 4.98. The highest BCUT2D eigenvalue weighted by Crippen LogP contribution is 2.29. The third-order valence-electron chi connectivity index (χ3n) is 4.46. The van der Waals surface area contributed by atoms with Gasteiger partial charge in [-0.2, -0.15) is 0 Å². The quantitative estimate of drug-likeness (QED) is 0.514. The van der Waals surface area contributed by atoms with E-state index in [1.807, 2.05) is 6.92 Å². The molecular formula is C20H21NO2. The molecule has 3 rings (SSSR count). The molecule has 0 radical (unpaired) electrons. The Bertz CT molecular complexity index is 727. The Labute approximate surface area is 137 Å². The van der Waals surface area contributed by atoms with Crippen LogP contribution in [0.1, 0.15) is 43.9 Å². The third-order valence-corrected chi connectivity index (χ3v) is 4.46. The largest absolute Gasteiger partial charge is 0.515 e. The molecule has 1 atom stereocenters. The zero-order chi connectivity index (χ0) is 16.4. The molecule has 1 aromatic carbocycles. The van der Waals surface area contributed by atoms with Crippen LogP contribution >= 0.6 is 0 Å². The molecular weight excluding hydrogens is 286 g/mol. The van der Waals surface area contributed by atoms with E-state index in [2.05, 4.69) is 47.9 Å². The molecule has 1 heterocycles. The van der Waals surface area contributed by atoms with E-state index < -0.39 is 0 Å². The number of carbonyl (C=O) groups is 1.